The number of hydrogen-bond acceptors (Lipinski definition) is 6. The lowest BCUT2D eigenvalue weighted by Gasteiger charge is -2.13. The number of anilines is 1. The minimum absolute atomic E-state index is 0.248. The van der Waals surface area contributed by atoms with Crippen LogP contribution in [-0.2, 0) is 0 Å². The molecule has 0 spiro atoms. The fourth-order valence-corrected chi connectivity index (χ4v) is 4.02. The van der Waals surface area contributed by atoms with E-state index in [1.165, 1.54) is 4.68 Å². The number of amides is 1. The summed E-state index contributed by atoms with van der Waals surface area (Å²) >= 11 is 13.0. The summed E-state index contributed by atoms with van der Waals surface area (Å²) in [5, 5.41) is 11.4. The van der Waals surface area contributed by atoms with Crippen LogP contribution >= 0.6 is 43.5 Å². The van der Waals surface area contributed by atoms with Gasteiger partial charge in [-0.2, -0.15) is 10.1 Å². The third kappa shape index (κ3) is 4.03. The molecule has 0 aliphatic rings. The molecule has 0 aliphatic heterocycles. The van der Waals surface area contributed by atoms with Gasteiger partial charge in [-0.05, 0) is 59.6 Å². The largest absolute Gasteiger partial charge is 0.334 e. The van der Waals surface area contributed by atoms with Gasteiger partial charge in [0.1, 0.15) is 10.3 Å². The molecule has 11 heteroatoms. The molecule has 0 aliphatic carbocycles. The Morgan fingerprint density at radius 3 is 2.73 bits per heavy atom. The molecular weight excluding hydrogens is 540 g/mol. The predicted octanol–water partition coefficient (Wildman–Crippen LogP) is 5.36. The molecule has 0 radical (unpaired) electrons. The molecule has 0 fully saturated rings. The number of aryl methyl sites for hydroxylation is 2. The van der Waals surface area contributed by atoms with Crippen LogP contribution in [0.25, 0.3) is 17.3 Å². The SMILES string of the molecule is Cc1noc(-c2cc(Br)cc(C)c2NC(=O)c2cc(Br)nn2-c2ncccc2Cl)n1. The number of carbonyl (C=O) groups is 1. The van der Waals surface area contributed by atoms with Crippen molar-refractivity contribution in [3.05, 3.63) is 67.7 Å². The lowest BCUT2D eigenvalue weighted by atomic mass is 10.1. The van der Waals surface area contributed by atoms with Crippen molar-refractivity contribution in [3.63, 3.8) is 0 Å². The molecule has 0 bridgehead atoms. The zero-order chi connectivity index (χ0) is 21.4. The molecule has 30 heavy (non-hydrogen) atoms. The van der Waals surface area contributed by atoms with Crippen molar-refractivity contribution < 1.29 is 9.32 Å². The molecule has 152 valence electrons. The van der Waals surface area contributed by atoms with E-state index in [1.54, 1.807) is 37.4 Å². The second-order valence-electron chi connectivity index (χ2n) is 6.32. The Balaban J connectivity index is 1.77. The third-order valence-electron chi connectivity index (χ3n) is 4.15. The summed E-state index contributed by atoms with van der Waals surface area (Å²) in [5.41, 5.74) is 2.20. The van der Waals surface area contributed by atoms with E-state index in [1.807, 2.05) is 13.0 Å². The lowest BCUT2D eigenvalue weighted by molar-refractivity contribution is 0.101. The zero-order valence-corrected chi connectivity index (χ0v) is 19.6. The summed E-state index contributed by atoms with van der Waals surface area (Å²) in [6.07, 6.45) is 1.58. The average molecular weight is 553 g/mol. The third-order valence-corrected chi connectivity index (χ3v) is 5.29. The van der Waals surface area contributed by atoms with Crippen LogP contribution in [0.2, 0.25) is 5.02 Å². The van der Waals surface area contributed by atoms with Crippen LogP contribution in [0.1, 0.15) is 21.9 Å². The molecule has 0 saturated heterocycles. The maximum absolute atomic E-state index is 13.2. The Bertz CT molecular complexity index is 1270. The Kier molecular flexibility index (Phi) is 5.72. The molecule has 0 atom stereocenters. The maximum atomic E-state index is 13.2. The molecule has 4 aromatic rings. The van der Waals surface area contributed by atoms with Gasteiger partial charge in [-0.25, -0.2) is 9.67 Å². The number of nitrogens with one attached hydrogen (secondary N) is 1. The minimum atomic E-state index is -0.405. The van der Waals surface area contributed by atoms with E-state index in [0.29, 0.717) is 38.4 Å². The van der Waals surface area contributed by atoms with Crippen LogP contribution in [-0.4, -0.2) is 30.8 Å². The van der Waals surface area contributed by atoms with Crippen molar-refractivity contribution in [1.29, 1.82) is 0 Å². The summed E-state index contributed by atoms with van der Waals surface area (Å²) in [7, 11) is 0. The minimum Gasteiger partial charge on any atom is -0.334 e. The number of nitrogens with zero attached hydrogens (tertiary/aromatic N) is 5. The van der Waals surface area contributed by atoms with Gasteiger partial charge in [-0.15, -0.1) is 0 Å². The van der Waals surface area contributed by atoms with E-state index >= 15 is 0 Å². The van der Waals surface area contributed by atoms with Gasteiger partial charge in [-0.1, -0.05) is 32.7 Å². The summed E-state index contributed by atoms with van der Waals surface area (Å²) in [4.78, 5) is 21.7. The molecule has 1 aromatic carbocycles. The number of pyridine rings is 1. The standard InChI is InChI=1S/C19H13Br2ClN6O2/c1-9-6-11(20)7-12(19-24-10(2)27-30-19)16(9)25-18(29)14-8-15(21)26-28(14)17-13(22)4-3-5-23-17/h3-8H,1-2H3,(H,25,29). The van der Waals surface area contributed by atoms with Gasteiger partial charge in [0.05, 0.1) is 16.3 Å². The van der Waals surface area contributed by atoms with Crippen LogP contribution < -0.4 is 5.32 Å². The number of carbonyl (C=O) groups excluding carboxylic acids is 1. The quantitative estimate of drug-likeness (QED) is 0.366. The Hall–Kier alpha value is -2.56. The molecule has 3 heterocycles. The van der Waals surface area contributed by atoms with Gasteiger partial charge in [0.2, 0.25) is 0 Å². The molecule has 4 rings (SSSR count). The van der Waals surface area contributed by atoms with Gasteiger partial charge < -0.3 is 9.84 Å². The Morgan fingerprint density at radius 2 is 2.03 bits per heavy atom. The monoisotopic (exact) mass is 550 g/mol. The number of rotatable bonds is 4. The number of halogens is 3. The molecule has 0 unspecified atom stereocenters. The van der Waals surface area contributed by atoms with E-state index in [2.05, 4.69) is 57.4 Å². The fraction of sp³-hybridized carbons (Fsp3) is 0.105. The van der Waals surface area contributed by atoms with Gasteiger partial charge in [0, 0.05) is 16.7 Å². The van der Waals surface area contributed by atoms with Gasteiger partial charge >= 0.3 is 0 Å². The Morgan fingerprint density at radius 1 is 1.23 bits per heavy atom. The van der Waals surface area contributed by atoms with Crippen molar-refractivity contribution in [1.82, 2.24) is 24.9 Å². The van der Waals surface area contributed by atoms with Gasteiger partial charge in [0.15, 0.2) is 11.6 Å². The van der Waals surface area contributed by atoms with Crippen LogP contribution in [0.15, 0.2) is 50.1 Å². The van der Waals surface area contributed by atoms with Crippen molar-refractivity contribution in [3.8, 4) is 17.3 Å². The van der Waals surface area contributed by atoms with Crippen molar-refractivity contribution in [2.75, 3.05) is 5.32 Å². The van der Waals surface area contributed by atoms with E-state index in [9.17, 15) is 4.79 Å². The van der Waals surface area contributed by atoms with Crippen LogP contribution in [0.4, 0.5) is 5.69 Å². The van der Waals surface area contributed by atoms with Crippen molar-refractivity contribution >= 4 is 55.1 Å². The molecule has 8 nitrogen and oxygen atoms in total. The average Bonchev–Trinajstić information content (AvgIpc) is 3.29. The first-order valence-electron chi connectivity index (χ1n) is 8.62. The highest BCUT2D eigenvalue weighted by Gasteiger charge is 2.22. The summed E-state index contributed by atoms with van der Waals surface area (Å²) in [5.74, 6) is 0.731. The second-order valence-corrected chi connectivity index (χ2v) is 8.45. The van der Waals surface area contributed by atoms with Gasteiger partial charge in [0.25, 0.3) is 11.8 Å². The smallest absolute Gasteiger partial charge is 0.274 e. The predicted molar refractivity (Wildman–Crippen MR) is 119 cm³/mol. The highest BCUT2D eigenvalue weighted by Crippen LogP contribution is 2.34. The Labute approximate surface area is 192 Å². The summed E-state index contributed by atoms with van der Waals surface area (Å²) in [6, 6.07) is 8.65. The van der Waals surface area contributed by atoms with Crippen LogP contribution in [0.5, 0.6) is 0 Å². The summed E-state index contributed by atoms with van der Waals surface area (Å²) < 4.78 is 7.98. The second kappa shape index (κ2) is 8.29. The maximum Gasteiger partial charge on any atom is 0.274 e. The highest BCUT2D eigenvalue weighted by atomic mass is 79.9. The van der Waals surface area contributed by atoms with Crippen molar-refractivity contribution in [2.24, 2.45) is 0 Å². The van der Waals surface area contributed by atoms with E-state index in [4.69, 9.17) is 16.1 Å². The molecule has 3 aromatic heterocycles. The topological polar surface area (TPSA) is 98.7 Å². The first-order chi connectivity index (χ1) is 14.3. The van der Waals surface area contributed by atoms with Gasteiger partial charge in [-0.3, -0.25) is 4.79 Å². The van der Waals surface area contributed by atoms with Crippen LogP contribution in [0.3, 0.4) is 0 Å². The highest BCUT2D eigenvalue weighted by molar-refractivity contribution is 9.10. The first kappa shape index (κ1) is 20.7. The van der Waals surface area contributed by atoms with E-state index in [-0.39, 0.29) is 5.69 Å². The van der Waals surface area contributed by atoms with Crippen molar-refractivity contribution in [2.45, 2.75) is 13.8 Å². The normalized spacial score (nSPS) is 11.0. The fourth-order valence-electron chi connectivity index (χ4n) is 2.87. The van der Waals surface area contributed by atoms with E-state index in [0.717, 1.165) is 10.0 Å². The van der Waals surface area contributed by atoms with Crippen LogP contribution in [0, 0.1) is 13.8 Å². The number of aromatic nitrogens is 5. The lowest BCUT2D eigenvalue weighted by Crippen LogP contribution is -2.19. The number of benzene rings is 1. The zero-order valence-electron chi connectivity index (χ0n) is 15.7. The molecule has 1 N–H and O–H groups in total. The van der Waals surface area contributed by atoms with E-state index < -0.39 is 5.91 Å². The number of hydrogen-bond donors (Lipinski definition) is 1. The molecule has 0 saturated carbocycles. The first-order valence-corrected chi connectivity index (χ1v) is 10.6. The molecule has 1 amide bonds. The molecular formula is C19H13Br2ClN6O2. The summed E-state index contributed by atoms with van der Waals surface area (Å²) in [6.45, 7) is 3.60.